The summed E-state index contributed by atoms with van der Waals surface area (Å²) in [6.45, 7) is 0.585. The minimum Gasteiger partial charge on any atom is -0.495 e. The van der Waals surface area contributed by atoms with Crippen molar-refractivity contribution in [2.75, 3.05) is 13.7 Å². The van der Waals surface area contributed by atoms with Crippen LogP contribution in [0.1, 0.15) is 24.8 Å². The predicted octanol–water partition coefficient (Wildman–Crippen LogP) is 2.98. The lowest BCUT2D eigenvalue weighted by atomic mass is 9.64. The molecular weight excluding hydrogens is 273 g/mol. The number of hydrogen-bond donors (Lipinski definition) is 1. The van der Waals surface area contributed by atoms with Crippen molar-refractivity contribution < 1.29 is 9.13 Å². The van der Waals surface area contributed by atoms with Crippen LogP contribution in [0.3, 0.4) is 0 Å². The Labute approximate surface area is 103 Å². The molecule has 4 heteroatoms. The van der Waals surface area contributed by atoms with E-state index in [0.29, 0.717) is 16.8 Å². The smallest absolute Gasteiger partial charge is 0.141 e. The lowest BCUT2D eigenvalue weighted by Gasteiger charge is -2.42. The van der Waals surface area contributed by atoms with Gasteiger partial charge in [0.15, 0.2) is 0 Å². The zero-order valence-corrected chi connectivity index (χ0v) is 10.8. The van der Waals surface area contributed by atoms with E-state index in [2.05, 4.69) is 15.9 Å². The summed E-state index contributed by atoms with van der Waals surface area (Å²) in [6, 6.07) is 3.27. The highest BCUT2D eigenvalue weighted by atomic mass is 79.9. The fraction of sp³-hybridized carbons (Fsp3) is 0.500. The lowest BCUT2D eigenvalue weighted by Crippen LogP contribution is -2.41. The first-order chi connectivity index (χ1) is 7.64. The number of benzene rings is 1. The number of hydrogen-bond acceptors (Lipinski definition) is 2. The van der Waals surface area contributed by atoms with Gasteiger partial charge >= 0.3 is 0 Å². The highest BCUT2D eigenvalue weighted by Gasteiger charge is 2.40. The first-order valence-electron chi connectivity index (χ1n) is 5.37. The number of nitrogens with two attached hydrogens (primary N) is 1. The van der Waals surface area contributed by atoms with Crippen molar-refractivity contribution in [3.05, 3.63) is 28.0 Å². The summed E-state index contributed by atoms with van der Waals surface area (Å²) in [6.07, 6.45) is 3.28. The normalized spacial score (nSPS) is 18.0. The van der Waals surface area contributed by atoms with Crippen LogP contribution in [0.4, 0.5) is 4.39 Å². The zero-order valence-electron chi connectivity index (χ0n) is 9.22. The predicted molar refractivity (Wildman–Crippen MR) is 65.2 cm³/mol. The molecule has 0 aliphatic heterocycles. The average Bonchev–Trinajstić information content (AvgIpc) is 2.23. The van der Waals surface area contributed by atoms with Gasteiger partial charge in [0, 0.05) is 17.5 Å². The van der Waals surface area contributed by atoms with Gasteiger partial charge in [-0.2, -0.15) is 0 Å². The van der Waals surface area contributed by atoms with E-state index in [0.717, 1.165) is 18.4 Å². The van der Waals surface area contributed by atoms with Crippen LogP contribution in [0.15, 0.2) is 16.6 Å². The van der Waals surface area contributed by atoms with Gasteiger partial charge in [0.05, 0.1) is 11.6 Å². The molecule has 0 heterocycles. The van der Waals surface area contributed by atoms with Crippen molar-refractivity contribution in [2.24, 2.45) is 5.73 Å². The summed E-state index contributed by atoms with van der Waals surface area (Å²) >= 11 is 3.23. The first-order valence-corrected chi connectivity index (χ1v) is 6.16. The molecule has 1 aliphatic carbocycles. The highest BCUT2D eigenvalue weighted by molar-refractivity contribution is 9.10. The Morgan fingerprint density at radius 3 is 2.62 bits per heavy atom. The van der Waals surface area contributed by atoms with Crippen molar-refractivity contribution in [3.63, 3.8) is 0 Å². The third-order valence-electron chi connectivity index (χ3n) is 3.53. The van der Waals surface area contributed by atoms with Gasteiger partial charge in [-0.3, -0.25) is 0 Å². The van der Waals surface area contributed by atoms with E-state index in [1.807, 2.05) is 0 Å². The second kappa shape index (κ2) is 4.34. The molecule has 2 N–H and O–H groups in total. The molecule has 1 fully saturated rings. The van der Waals surface area contributed by atoms with Crippen LogP contribution >= 0.6 is 15.9 Å². The maximum absolute atomic E-state index is 13.4. The van der Waals surface area contributed by atoms with Crippen LogP contribution in [0.5, 0.6) is 5.75 Å². The molecule has 2 rings (SSSR count). The van der Waals surface area contributed by atoms with Crippen molar-refractivity contribution in [3.8, 4) is 5.75 Å². The first kappa shape index (κ1) is 11.9. The molecule has 0 atom stereocenters. The lowest BCUT2D eigenvalue weighted by molar-refractivity contribution is 0.242. The third-order valence-corrected chi connectivity index (χ3v) is 4.27. The molecule has 0 saturated heterocycles. The van der Waals surface area contributed by atoms with Gasteiger partial charge in [-0.25, -0.2) is 4.39 Å². The van der Waals surface area contributed by atoms with Crippen LogP contribution in [-0.2, 0) is 5.41 Å². The fourth-order valence-electron chi connectivity index (χ4n) is 2.34. The van der Waals surface area contributed by atoms with Crippen LogP contribution in [-0.4, -0.2) is 13.7 Å². The molecule has 1 aromatic rings. The van der Waals surface area contributed by atoms with Gasteiger partial charge < -0.3 is 10.5 Å². The van der Waals surface area contributed by atoms with Crippen LogP contribution in [0.2, 0.25) is 0 Å². The molecule has 0 spiro atoms. The second-order valence-corrected chi connectivity index (χ2v) is 5.07. The molecule has 1 saturated carbocycles. The topological polar surface area (TPSA) is 35.2 Å². The Morgan fingerprint density at radius 2 is 2.19 bits per heavy atom. The standard InChI is InChI=1S/C12H15BrFNO/c1-16-11-8(3-4-9(14)10(11)13)12(7-15)5-2-6-12/h3-4H,2,5-7,15H2,1H3. The molecule has 1 aromatic carbocycles. The summed E-state index contributed by atoms with van der Waals surface area (Å²) in [5.74, 6) is 0.289. The number of ether oxygens (including phenoxy) is 1. The maximum atomic E-state index is 13.4. The molecular formula is C12H15BrFNO. The Kier molecular flexibility index (Phi) is 3.22. The summed E-state index contributed by atoms with van der Waals surface area (Å²) in [5, 5.41) is 0. The molecule has 0 radical (unpaired) electrons. The Bertz CT molecular complexity index is 399. The quantitative estimate of drug-likeness (QED) is 0.928. The van der Waals surface area contributed by atoms with Gasteiger partial charge in [-0.1, -0.05) is 12.5 Å². The molecule has 0 bridgehead atoms. The SMILES string of the molecule is COc1c(C2(CN)CCC2)ccc(F)c1Br. The van der Waals surface area contributed by atoms with E-state index in [4.69, 9.17) is 10.5 Å². The molecule has 1 aliphatic rings. The highest BCUT2D eigenvalue weighted by Crippen LogP contribution is 2.48. The van der Waals surface area contributed by atoms with Crippen LogP contribution in [0, 0.1) is 5.82 Å². The Balaban J connectivity index is 2.52. The number of rotatable bonds is 3. The summed E-state index contributed by atoms with van der Waals surface area (Å²) in [5.41, 5.74) is 6.86. The minimum atomic E-state index is -0.299. The van der Waals surface area contributed by atoms with E-state index in [1.165, 1.54) is 12.5 Å². The Hall–Kier alpha value is -0.610. The molecule has 2 nitrogen and oxygen atoms in total. The molecule has 0 aromatic heterocycles. The van der Waals surface area contributed by atoms with Gasteiger partial charge in [0.1, 0.15) is 11.6 Å². The van der Waals surface area contributed by atoms with Crippen molar-refractivity contribution in [1.82, 2.24) is 0 Å². The molecule has 88 valence electrons. The molecule has 0 unspecified atom stereocenters. The molecule has 0 amide bonds. The fourth-order valence-corrected chi connectivity index (χ4v) is 2.84. The largest absolute Gasteiger partial charge is 0.495 e. The van der Waals surface area contributed by atoms with Gasteiger partial charge in [-0.15, -0.1) is 0 Å². The van der Waals surface area contributed by atoms with Crippen LogP contribution < -0.4 is 10.5 Å². The maximum Gasteiger partial charge on any atom is 0.141 e. The van der Waals surface area contributed by atoms with Crippen LogP contribution in [0.25, 0.3) is 0 Å². The van der Waals surface area contributed by atoms with E-state index in [1.54, 1.807) is 13.2 Å². The van der Waals surface area contributed by atoms with Crippen molar-refractivity contribution in [1.29, 1.82) is 0 Å². The third kappa shape index (κ3) is 1.64. The van der Waals surface area contributed by atoms with Crippen molar-refractivity contribution >= 4 is 15.9 Å². The Morgan fingerprint density at radius 1 is 1.50 bits per heavy atom. The summed E-state index contributed by atoms with van der Waals surface area (Å²) in [4.78, 5) is 0. The van der Waals surface area contributed by atoms with Gasteiger partial charge in [0.2, 0.25) is 0 Å². The average molecular weight is 288 g/mol. The van der Waals surface area contributed by atoms with Gasteiger partial charge in [0.25, 0.3) is 0 Å². The number of methoxy groups -OCH3 is 1. The minimum absolute atomic E-state index is 0.0123. The molecule has 16 heavy (non-hydrogen) atoms. The van der Waals surface area contributed by atoms with E-state index in [-0.39, 0.29) is 11.2 Å². The summed E-state index contributed by atoms with van der Waals surface area (Å²) < 4.78 is 19.1. The van der Waals surface area contributed by atoms with E-state index >= 15 is 0 Å². The van der Waals surface area contributed by atoms with Gasteiger partial charge in [-0.05, 0) is 34.8 Å². The summed E-state index contributed by atoms with van der Waals surface area (Å²) in [7, 11) is 1.56. The number of halogens is 2. The second-order valence-electron chi connectivity index (χ2n) is 4.28. The monoisotopic (exact) mass is 287 g/mol. The zero-order chi connectivity index (χ0) is 11.8. The van der Waals surface area contributed by atoms with Crippen molar-refractivity contribution in [2.45, 2.75) is 24.7 Å². The van der Waals surface area contributed by atoms with E-state index in [9.17, 15) is 4.39 Å². The van der Waals surface area contributed by atoms with E-state index < -0.39 is 0 Å².